The summed E-state index contributed by atoms with van der Waals surface area (Å²) in [6.45, 7) is 6.32. The van der Waals surface area contributed by atoms with E-state index in [4.69, 9.17) is 14.2 Å². The van der Waals surface area contributed by atoms with E-state index in [9.17, 15) is 9.59 Å². The van der Waals surface area contributed by atoms with Crippen LogP contribution in [0.4, 0.5) is 4.79 Å². The van der Waals surface area contributed by atoms with E-state index in [2.05, 4.69) is 35.6 Å². The number of benzene rings is 1. The minimum atomic E-state index is -1.05. The lowest BCUT2D eigenvalue weighted by molar-refractivity contribution is -0.453. The maximum absolute atomic E-state index is 12.2. The van der Waals surface area contributed by atoms with Crippen LogP contribution in [0.15, 0.2) is 18.2 Å². The van der Waals surface area contributed by atoms with E-state index < -0.39 is 12.1 Å². The van der Waals surface area contributed by atoms with E-state index in [1.807, 2.05) is 0 Å². The smallest absolute Gasteiger partial charge is 0.496 e. The molecule has 1 aromatic carbocycles. The molecule has 0 radical (unpaired) electrons. The zero-order chi connectivity index (χ0) is 20.7. The first-order chi connectivity index (χ1) is 13.4. The Hall–Kier alpha value is -2.48. The Kier molecular flexibility index (Phi) is 7.92. The first-order valence-electron chi connectivity index (χ1n) is 9.34. The van der Waals surface area contributed by atoms with Crippen LogP contribution in [0.5, 0.6) is 11.5 Å². The van der Waals surface area contributed by atoms with Crippen molar-refractivity contribution in [2.45, 2.75) is 46.1 Å². The van der Waals surface area contributed by atoms with Crippen LogP contribution in [-0.4, -0.2) is 32.4 Å². The highest BCUT2D eigenvalue weighted by atomic mass is 17.5. The van der Waals surface area contributed by atoms with Crippen molar-refractivity contribution in [2.24, 2.45) is 17.8 Å². The molecular weight excluding hydrogens is 368 g/mol. The highest BCUT2D eigenvalue weighted by Gasteiger charge is 2.34. The monoisotopic (exact) mass is 396 g/mol. The molecule has 1 saturated carbocycles. The highest BCUT2D eigenvalue weighted by molar-refractivity contribution is 5.95. The van der Waals surface area contributed by atoms with Crippen molar-refractivity contribution in [1.82, 2.24) is 0 Å². The maximum atomic E-state index is 12.2. The summed E-state index contributed by atoms with van der Waals surface area (Å²) in [4.78, 5) is 33.2. The average Bonchev–Trinajstić information content (AvgIpc) is 2.66. The summed E-state index contributed by atoms with van der Waals surface area (Å²) >= 11 is 0. The lowest BCUT2D eigenvalue weighted by Crippen LogP contribution is -2.36. The quantitative estimate of drug-likeness (QED) is 0.382. The van der Waals surface area contributed by atoms with Gasteiger partial charge in [-0.15, -0.1) is 0 Å². The number of hydrogen-bond donors (Lipinski definition) is 0. The van der Waals surface area contributed by atoms with E-state index in [0.29, 0.717) is 11.8 Å². The summed E-state index contributed by atoms with van der Waals surface area (Å²) in [7, 11) is 2.80. The molecule has 3 unspecified atom stereocenters. The number of carbonyl (C=O) groups is 2. The van der Waals surface area contributed by atoms with Crippen LogP contribution in [0, 0.1) is 17.8 Å². The topological polar surface area (TPSA) is 89.5 Å². The standard InChI is InChI=1S/C20H28O8/c1-12(2)14-10-9-13(3)11-17(14)25-20(22)27-28-26-19(21)18-15(23-4)7-6-8-16(18)24-5/h6-8,12-14,17H,9-11H2,1-5H3. The summed E-state index contributed by atoms with van der Waals surface area (Å²) in [5.74, 6) is 0.613. The van der Waals surface area contributed by atoms with Gasteiger partial charge in [-0.3, -0.25) is 4.89 Å². The Labute approximate surface area is 164 Å². The van der Waals surface area contributed by atoms with Crippen molar-refractivity contribution in [2.75, 3.05) is 14.2 Å². The second kappa shape index (κ2) is 10.2. The normalized spacial score (nSPS) is 21.7. The minimum absolute atomic E-state index is 0.00504. The van der Waals surface area contributed by atoms with Crippen LogP contribution >= 0.6 is 0 Å². The first kappa shape index (κ1) is 21.8. The molecule has 0 spiro atoms. The fraction of sp³-hybridized carbons (Fsp3) is 0.600. The molecule has 2 rings (SSSR count). The summed E-state index contributed by atoms with van der Waals surface area (Å²) in [6.07, 6.45) is 1.54. The molecule has 0 saturated heterocycles. The molecule has 1 fully saturated rings. The molecule has 8 heteroatoms. The number of methoxy groups -OCH3 is 2. The molecule has 156 valence electrons. The average molecular weight is 396 g/mol. The third-order valence-corrected chi connectivity index (χ3v) is 5.05. The third kappa shape index (κ3) is 5.51. The molecule has 28 heavy (non-hydrogen) atoms. The molecule has 1 aliphatic carbocycles. The fourth-order valence-electron chi connectivity index (χ4n) is 3.56. The van der Waals surface area contributed by atoms with Crippen LogP contribution in [0.3, 0.4) is 0 Å². The zero-order valence-electron chi connectivity index (χ0n) is 16.9. The largest absolute Gasteiger partial charge is 0.543 e. The van der Waals surface area contributed by atoms with Crippen molar-refractivity contribution < 1.29 is 38.6 Å². The summed E-state index contributed by atoms with van der Waals surface area (Å²) in [5, 5.41) is 4.34. The Morgan fingerprint density at radius 1 is 1.04 bits per heavy atom. The molecule has 0 N–H and O–H groups in total. The van der Waals surface area contributed by atoms with Gasteiger partial charge in [-0.25, -0.2) is 14.5 Å². The molecular formula is C20H28O8. The van der Waals surface area contributed by atoms with E-state index in [-0.39, 0.29) is 29.1 Å². The lowest BCUT2D eigenvalue weighted by Gasteiger charge is -2.36. The molecule has 0 heterocycles. The van der Waals surface area contributed by atoms with Crippen LogP contribution in [-0.2, 0) is 19.6 Å². The van der Waals surface area contributed by atoms with E-state index >= 15 is 0 Å². The Morgan fingerprint density at radius 3 is 2.25 bits per heavy atom. The van der Waals surface area contributed by atoms with Crippen molar-refractivity contribution in [3.63, 3.8) is 0 Å². The minimum Gasteiger partial charge on any atom is -0.496 e. The van der Waals surface area contributed by atoms with Gasteiger partial charge in [-0.05, 0) is 42.7 Å². The summed E-state index contributed by atoms with van der Waals surface area (Å²) in [5.41, 5.74) is 0.00504. The van der Waals surface area contributed by atoms with Crippen molar-refractivity contribution in [3.8, 4) is 11.5 Å². The van der Waals surface area contributed by atoms with Gasteiger partial charge in [0.2, 0.25) is 0 Å². The molecule has 0 aliphatic heterocycles. The molecule has 0 bridgehead atoms. The van der Waals surface area contributed by atoms with Crippen molar-refractivity contribution in [3.05, 3.63) is 23.8 Å². The molecule has 8 nitrogen and oxygen atoms in total. The Balaban J connectivity index is 1.89. The molecule has 0 aromatic heterocycles. The van der Waals surface area contributed by atoms with Gasteiger partial charge in [0.15, 0.2) is 0 Å². The van der Waals surface area contributed by atoms with Gasteiger partial charge in [-0.1, -0.05) is 33.3 Å². The van der Waals surface area contributed by atoms with Gasteiger partial charge < -0.3 is 14.2 Å². The Morgan fingerprint density at radius 2 is 1.68 bits per heavy atom. The maximum Gasteiger partial charge on any atom is 0.543 e. The molecule has 1 aliphatic rings. The Bertz CT molecular complexity index is 650. The summed E-state index contributed by atoms with van der Waals surface area (Å²) < 4.78 is 15.6. The fourth-order valence-corrected chi connectivity index (χ4v) is 3.56. The van der Waals surface area contributed by atoms with Gasteiger partial charge in [-0.2, -0.15) is 0 Å². The third-order valence-electron chi connectivity index (χ3n) is 5.05. The molecule has 1 aromatic rings. The second-order valence-corrected chi connectivity index (χ2v) is 7.29. The predicted octanol–water partition coefficient (Wildman–Crippen LogP) is 4.32. The zero-order valence-corrected chi connectivity index (χ0v) is 16.9. The SMILES string of the molecule is COc1cccc(OC)c1C(=O)OOOC(=O)OC1CC(C)CCC1C(C)C. The summed E-state index contributed by atoms with van der Waals surface area (Å²) in [6, 6.07) is 4.77. The number of hydrogen-bond acceptors (Lipinski definition) is 8. The van der Waals surface area contributed by atoms with Gasteiger partial charge in [0, 0.05) is 0 Å². The molecule has 0 amide bonds. The van der Waals surface area contributed by atoms with Crippen LogP contribution < -0.4 is 9.47 Å². The van der Waals surface area contributed by atoms with E-state index in [1.54, 1.807) is 18.2 Å². The van der Waals surface area contributed by atoms with Crippen molar-refractivity contribution in [1.29, 1.82) is 0 Å². The van der Waals surface area contributed by atoms with Gasteiger partial charge in [0.05, 0.1) is 19.3 Å². The van der Waals surface area contributed by atoms with Gasteiger partial charge in [0.1, 0.15) is 23.2 Å². The van der Waals surface area contributed by atoms with Crippen molar-refractivity contribution >= 4 is 12.1 Å². The molecule has 3 atom stereocenters. The van der Waals surface area contributed by atoms with Crippen LogP contribution in [0.25, 0.3) is 0 Å². The lowest BCUT2D eigenvalue weighted by atomic mass is 9.75. The number of rotatable bonds is 7. The number of ether oxygens (including phenoxy) is 3. The van der Waals surface area contributed by atoms with Gasteiger partial charge in [0.25, 0.3) is 0 Å². The highest BCUT2D eigenvalue weighted by Crippen LogP contribution is 2.35. The number of carbonyl (C=O) groups excluding carboxylic acids is 2. The first-order valence-corrected chi connectivity index (χ1v) is 9.34. The van der Waals surface area contributed by atoms with E-state index in [1.165, 1.54) is 14.2 Å². The predicted molar refractivity (Wildman–Crippen MR) is 98.7 cm³/mol. The van der Waals surface area contributed by atoms with Gasteiger partial charge >= 0.3 is 12.1 Å². The van der Waals surface area contributed by atoms with Crippen LogP contribution in [0.2, 0.25) is 0 Å². The van der Waals surface area contributed by atoms with E-state index in [0.717, 1.165) is 19.3 Å². The van der Waals surface area contributed by atoms with Crippen LogP contribution in [0.1, 0.15) is 50.4 Å². The second-order valence-electron chi connectivity index (χ2n) is 7.29.